The van der Waals surface area contributed by atoms with E-state index in [4.69, 9.17) is 19.9 Å². The first-order valence-corrected chi connectivity index (χ1v) is 11.8. The van der Waals surface area contributed by atoms with Crippen molar-refractivity contribution in [3.63, 3.8) is 0 Å². The van der Waals surface area contributed by atoms with Crippen LogP contribution in [0.1, 0.15) is 47.9 Å². The molecule has 1 aromatic heterocycles. The number of carbonyl (C=O) groups excluding carboxylic acids is 1. The molecule has 2 aliphatic heterocycles. The zero-order chi connectivity index (χ0) is 22.5. The van der Waals surface area contributed by atoms with Crippen molar-refractivity contribution < 1.29 is 19.0 Å². The molecule has 2 aliphatic rings. The Morgan fingerprint density at radius 1 is 1.03 bits per heavy atom. The Hall–Kier alpha value is -2.51. The van der Waals surface area contributed by atoms with Gasteiger partial charge in [-0.15, -0.1) is 0 Å². The van der Waals surface area contributed by atoms with Crippen LogP contribution in [0.4, 0.5) is 0 Å². The van der Waals surface area contributed by atoms with E-state index in [0.29, 0.717) is 18.8 Å². The van der Waals surface area contributed by atoms with Gasteiger partial charge in [0.15, 0.2) is 11.5 Å². The molecule has 1 fully saturated rings. The van der Waals surface area contributed by atoms with E-state index in [9.17, 15) is 4.79 Å². The number of carbonyl (C=O) groups is 1. The summed E-state index contributed by atoms with van der Waals surface area (Å²) in [7, 11) is 0. The van der Waals surface area contributed by atoms with Gasteiger partial charge in [0.05, 0.1) is 18.8 Å². The standard InChI is InChI=1S/C25H35N3O4/c1-3-4-6-20-24(19-7-8-21-22(17-19)32-16-15-31-21)23(25(26)29)18(2)28(20)10-5-9-27-11-13-30-14-12-27/h7-8,17H,3-6,9-16H2,1-2H3,(H2,26,29). The van der Waals surface area contributed by atoms with E-state index in [2.05, 4.69) is 16.4 Å². The second-order valence-corrected chi connectivity index (χ2v) is 8.57. The summed E-state index contributed by atoms with van der Waals surface area (Å²) >= 11 is 0. The molecular weight excluding hydrogens is 406 g/mol. The average molecular weight is 442 g/mol. The molecule has 7 heteroatoms. The van der Waals surface area contributed by atoms with Gasteiger partial charge in [-0.2, -0.15) is 0 Å². The van der Waals surface area contributed by atoms with Crippen LogP contribution in [-0.4, -0.2) is 61.4 Å². The van der Waals surface area contributed by atoms with Gasteiger partial charge < -0.3 is 24.5 Å². The van der Waals surface area contributed by atoms with Crippen LogP contribution in [0.2, 0.25) is 0 Å². The molecule has 0 atom stereocenters. The predicted molar refractivity (Wildman–Crippen MR) is 125 cm³/mol. The van der Waals surface area contributed by atoms with Crippen molar-refractivity contribution in [1.82, 2.24) is 9.47 Å². The molecule has 1 aromatic carbocycles. The minimum Gasteiger partial charge on any atom is -0.486 e. The number of unbranched alkanes of at least 4 members (excludes halogenated alkanes) is 1. The normalized spacial score (nSPS) is 16.3. The van der Waals surface area contributed by atoms with Gasteiger partial charge in [-0.25, -0.2) is 0 Å². The van der Waals surface area contributed by atoms with E-state index in [1.165, 1.54) is 5.69 Å². The molecule has 3 heterocycles. The number of benzene rings is 1. The lowest BCUT2D eigenvalue weighted by molar-refractivity contribution is 0.0369. The van der Waals surface area contributed by atoms with Crippen molar-refractivity contribution in [2.24, 2.45) is 5.73 Å². The van der Waals surface area contributed by atoms with Crippen LogP contribution in [0, 0.1) is 6.92 Å². The van der Waals surface area contributed by atoms with Gasteiger partial charge in [-0.05, 0) is 43.9 Å². The molecule has 0 aliphatic carbocycles. The van der Waals surface area contributed by atoms with E-state index in [1.807, 2.05) is 25.1 Å². The van der Waals surface area contributed by atoms with Crippen LogP contribution in [0.5, 0.6) is 11.5 Å². The lowest BCUT2D eigenvalue weighted by atomic mass is 9.97. The minimum atomic E-state index is -0.378. The van der Waals surface area contributed by atoms with Crippen LogP contribution < -0.4 is 15.2 Å². The third-order valence-electron chi connectivity index (χ3n) is 6.44. The first-order valence-electron chi connectivity index (χ1n) is 11.8. The van der Waals surface area contributed by atoms with Gasteiger partial charge in [0.1, 0.15) is 13.2 Å². The zero-order valence-electron chi connectivity index (χ0n) is 19.3. The predicted octanol–water partition coefficient (Wildman–Crippen LogP) is 3.40. The SMILES string of the molecule is CCCCc1c(-c2ccc3c(c2)OCCO3)c(C(N)=O)c(C)n1CCCN1CCOCC1. The number of hydrogen-bond acceptors (Lipinski definition) is 5. The minimum absolute atomic E-state index is 0.378. The molecule has 0 spiro atoms. The molecule has 2 aromatic rings. The molecule has 0 radical (unpaired) electrons. The molecule has 2 N–H and O–H groups in total. The highest BCUT2D eigenvalue weighted by molar-refractivity contribution is 6.02. The molecule has 0 unspecified atom stereocenters. The Morgan fingerprint density at radius 3 is 2.50 bits per heavy atom. The van der Waals surface area contributed by atoms with E-state index < -0.39 is 0 Å². The maximum absolute atomic E-state index is 12.6. The third-order valence-corrected chi connectivity index (χ3v) is 6.44. The van der Waals surface area contributed by atoms with Crippen molar-refractivity contribution in [3.8, 4) is 22.6 Å². The number of amides is 1. The first-order chi connectivity index (χ1) is 15.6. The highest BCUT2D eigenvalue weighted by atomic mass is 16.6. The zero-order valence-corrected chi connectivity index (χ0v) is 19.3. The summed E-state index contributed by atoms with van der Waals surface area (Å²) in [5.41, 5.74) is 10.6. The number of fused-ring (bicyclic) bond motifs is 1. The Bertz CT molecular complexity index is 947. The van der Waals surface area contributed by atoms with Crippen LogP contribution in [0.3, 0.4) is 0 Å². The topological polar surface area (TPSA) is 79.0 Å². The van der Waals surface area contributed by atoms with Gasteiger partial charge in [0.25, 0.3) is 5.91 Å². The fraction of sp³-hybridized carbons (Fsp3) is 0.560. The fourth-order valence-corrected chi connectivity index (χ4v) is 4.79. The molecule has 4 rings (SSSR count). The lowest BCUT2D eigenvalue weighted by Crippen LogP contribution is -2.37. The van der Waals surface area contributed by atoms with Crippen LogP contribution in [0.25, 0.3) is 11.1 Å². The largest absolute Gasteiger partial charge is 0.486 e. The van der Waals surface area contributed by atoms with Crippen molar-refractivity contribution in [1.29, 1.82) is 0 Å². The monoisotopic (exact) mass is 441 g/mol. The molecule has 32 heavy (non-hydrogen) atoms. The quantitative estimate of drug-likeness (QED) is 0.645. The van der Waals surface area contributed by atoms with Crippen molar-refractivity contribution >= 4 is 5.91 Å². The highest BCUT2D eigenvalue weighted by Gasteiger charge is 2.26. The number of primary amides is 1. The summed E-state index contributed by atoms with van der Waals surface area (Å²) in [6.07, 6.45) is 4.08. The first kappa shape index (κ1) is 22.7. The summed E-state index contributed by atoms with van der Waals surface area (Å²) in [5.74, 6) is 1.10. The summed E-state index contributed by atoms with van der Waals surface area (Å²) in [6, 6.07) is 5.94. The Balaban J connectivity index is 1.69. The third kappa shape index (κ3) is 4.79. The van der Waals surface area contributed by atoms with Gasteiger partial charge in [-0.1, -0.05) is 19.4 Å². The molecule has 1 amide bonds. The molecule has 0 bridgehead atoms. The molecule has 0 saturated carbocycles. The summed E-state index contributed by atoms with van der Waals surface area (Å²) < 4.78 is 19.3. The number of aromatic nitrogens is 1. The smallest absolute Gasteiger partial charge is 0.251 e. The fourth-order valence-electron chi connectivity index (χ4n) is 4.79. The number of ether oxygens (including phenoxy) is 3. The van der Waals surface area contributed by atoms with E-state index >= 15 is 0 Å². The maximum atomic E-state index is 12.6. The van der Waals surface area contributed by atoms with Crippen LogP contribution in [-0.2, 0) is 17.7 Å². The van der Waals surface area contributed by atoms with Gasteiger partial charge in [0.2, 0.25) is 0 Å². The van der Waals surface area contributed by atoms with Gasteiger partial charge in [-0.3, -0.25) is 9.69 Å². The molecule has 1 saturated heterocycles. The molecular formula is C25H35N3O4. The number of hydrogen-bond donors (Lipinski definition) is 1. The Kier molecular flexibility index (Phi) is 7.37. The molecule has 174 valence electrons. The second-order valence-electron chi connectivity index (χ2n) is 8.57. The van der Waals surface area contributed by atoms with Crippen molar-refractivity contribution in [3.05, 3.63) is 35.2 Å². The van der Waals surface area contributed by atoms with Crippen LogP contribution >= 0.6 is 0 Å². The summed E-state index contributed by atoms with van der Waals surface area (Å²) in [5, 5.41) is 0. The van der Waals surface area contributed by atoms with Crippen LogP contribution in [0.15, 0.2) is 18.2 Å². The van der Waals surface area contributed by atoms with Gasteiger partial charge >= 0.3 is 0 Å². The maximum Gasteiger partial charge on any atom is 0.251 e. The Labute approximate surface area is 190 Å². The number of nitrogens with two attached hydrogens (primary N) is 1. The second kappa shape index (κ2) is 10.4. The van der Waals surface area contributed by atoms with Crippen molar-refractivity contribution in [2.75, 3.05) is 46.1 Å². The number of morpholine rings is 1. The number of rotatable bonds is 9. The summed E-state index contributed by atoms with van der Waals surface area (Å²) in [4.78, 5) is 15.0. The number of nitrogens with zero attached hydrogens (tertiary/aromatic N) is 2. The van der Waals surface area contributed by atoms with E-state index in [1.54, 1.807) is 0 Å². The van der Waals surface area contributed by atoms with Gasteiger partial charge in [0, 0.05) is 43.1 Å². The van der Waals surface area contributed by atoms with E-state index in [-0.39, 0.29) is 5.91 Å². The lowest BCUT2D eigenvalue weighted by Gasteiger charge is -2.26. The molecule has 7 nitrogen and oxygen atoms in total. The highest BCUT2D eigenvalue weighted by Crippen LogP contribution is 2.39. The Morgan fingerprint density at radius 2 is 1.78 bits per heavy atom. The summed E-state index contributed by atoms with van der Waals surface area (Å²) in [6.45, 7) is 10.8. The average Bonchev–Trinajstić information content (AvgIpc) is 3.09. The van der Waals surface area contributed by atoms with E-state index in [0.717, 1.165) is 93.4 Å². The van der Waals surface area contributed by atoms with Crippen molar-refractivity contribution in [2.45, 2.75) is 46.1 Å².